The minimum Gasteiger partial charge on any atom is -0.497 e. The van der Waals surface area contributed by atoms with Gasteiger partial charge in [-0.2, -0.15) is 0 Å². The van der Waals surface area contributed by atoms with Crippen LogP contribution in [0.1, 0.15) is 5.56 Å². The lowest BCUT2D eigenvalue weighted by molar-refractivity contribution is 0.415. The Labute approximate surface area is 123 Å². The molecule has 3 rings (SSSR count). The molecule has 0 unspecified atom stereocenters. The lowest BCUT2D eigenvalue weighted by atomic mass is 10.1. The molecule has 2 aromatic carbocycles. The molecule has 0 aliphatic heterocycles. The number of rotatable bonds is 5. The van der Waals surface area contributed by atoms with Gasteiger partial charge in [0.2, 0.25) is 0 Å². The van der Waals surface area contributed by atoms with E-state index in [9.17, 15) is 0 Å². The Bertz CT molecular complexity index is 732. The van der Waals surface area contributed by atoms with Gasteiger partial charge in [0.1, 0.15) is 11.5 Å². The van der Waals surface area contributed by atoms with Gasteiger partial charge in [-0.3, -0.25) is 0 Å². The van der Waals surface area contributed by atoms with Crippen molar-refractivity contribution in [3.05, 3.63) is 54.2 Å². The van der Waals surface area contributed by atoms with Crippen molar-refractivity contribution in [2.24, 2.45) is 0 Å². The van der Waals surface area contributed by atoms with Crippen LogP contribution in [0, 0.1) is 0 Å². The largest absolute Gasteiger partial charge is 0.497 e. The summed E-state index contributed by atoms with van der Waals surface area (Å²) in [6.07, 6.45) is 2.03. The highest BCUT2D eigenvalue weighted by Gasteiger charge is 2.05. The van der Waals surface area contributed by atoms with E-state index in [2.05, 4.69) is 16.4 Å². The summed E-state index contributed by atoms with van der Waals surface area (Å²) in [7, 11) is 3.35. The summed E-state index contributed by atoms with van der Waals surface area (Å²) >= 11 is 0. The summed E-state index contributed by atoms with van der Waals surface area (Å²) in [5.74, 6) is 1.73. The topological polar surface area (TPSA) is 46.3 Å². The average Bonchev–Trinajstić information content (AvgIpc) is 2.95. The summed E-state index contributed by atoms with van der Waals surface area (Å²) in [4.78, 5) is 3.28. The number of aromatic nitrogens is 1. The zero-order valence-corrected chi connectivity index (χ0v) is 12.1. The molecule has 0 radical (unpaired) electrons. The molecule has 1 aromatic heterocycles. The number of anilines is 1. The van der Waals surface area contributed by atoms with Crippen LogP contribution in [0.25, 0.3) is 10.9 Å². The van der Waals surface area contributed by atoms with Gasteiger partial charge in [-0.25, -0.2) is 0 Å². The van der Waals surface area contributed by atoms with E-state index in [-0.39, 0.29) is 0 Å². The predicted octanol–water partition coefficient (Wildman–Crippen LogP) is 3.80. The van der Waals surface area contributed by atoms with Crippen molar-refractivity contribution in [1.29, 1.82) is 0 Å². The molecule has 0 aliphatic rings. The number of methoxy groups -OCH3 is 2. The molecule has 0 spiro atoms. The van der Waals surface area contributed by atoms with Gasteiger partial charge in [0.25, 0.3) is 0 Å². The molecule has 0 amide bonds. The molecule has 4 nitrogen and oxygen atoms in total. The van der Waals surface area contributed by atoms with Crippen LogP contribution in [0.4, 0.5) is 5.69 Å². The van der Waals surface area contributed by atoms with Gasteiger partial charge in [-0.15, -0.1) is 0 Å². The maximum absolute atomic E-state index is 5.29. The molecule has 108 valence electrons. The van der Waals surface area contributed by atoms with E-state index >= 15 is 0 Å². The van der Waals surface area contributed by atoms with Crippen LogP contribution in [0.5, 0.6) is 11.5 Å². The monoisotopic (exact) mass is 282 g/mol. The molecule has 0 bridgehead atoms. The fourth-order valence-corrected chi connectivity index (χ4v) is 2.34. The minimum absolute atomic E-state index is 0.750. The molecule has 0 aliphatic carbocycles. The Morgan fingerprint density at radius 3 is 2.38 bits per heavy atom. The maximum atomic E-state index is 5.29. The molecule has 0 fully saturated rings. The number of aromatic amines is 1. The standard InChI is InChI=1S/C17H18N2O2/c1-20-14-5-3-13(4-6-14)18-10-12-11-19-17-8-7-15(21-2)9-16(12)17/h3-9,11,18-19H,10H2,1-2H3. The molecule has 3 aromatic rings. The molecule has 0 saturated heterocycles. The Morgan fingerprint density at radius 2 is 1.67 bits per heavy atom. The summed E-state index contributed by atoms with van der Waals surface area (Å²) in [5, 5.41) is 4.59. The van der Waals surface area contributed by atoms with Gasteiger partial charge >= 0.3 is 0 Å². The van der Waals surface area contributed by atoms with Gasteiger partial charge in [0.15, 0.2) is 0 Å². The SMILES string of the molecule is COc1ccc(NCc2c[nH]c3ccc(OC)cc23)cc1. The Balaban J connectivity index is 1.77. The smallest absolute Gasteiger partial charge is 0.119 e. The number of hydrogen-bond donors (Lipinski definition) is 2. The Hall–Kier alpha value is -2.62. The van der Waals surface area contributed by atoms with Crippen molar-refractivity contribution < 1.29 is 9.47 Å². The van der Waals surface area contributed by atoms with Crippen LogP contribution < -0.4 is 14.8 Å². The second kappa shape index (κ2) is 5.79. The van der Waals surface area contributed by atoms with Gasteiger partial charge in [-0.1, -0.05) is 0 Å². The lowest BCUT2D eigenvalue weighted by Crippen LogP contribution is -1.98. The van der Waals surface area contributed by atoms with E-state index in [4.69, 9.17) is 9.47 Å². The second-order valence-electron chi connectivity index (χ2n) is 4.81. The van der Waals surface area contributed by atoms with Gasteiger partial charge < -0.3 is 19.8 Å². The molecule has 1 heterocycles. The lowest BCUT2D eigenvalue weighted by Gasteiger charge is -2.07. The van der Waals surface area contributed by atoms with Crippen LogP contribution in [-0.4, -0.2) is 19.2 Å². The second-order valence-corrected chi connectivity index (χ2v) is 4.81. The third kappa shape index (κ3) is 2.79. The minimum atomic E-state index is 0.750. The average molecular weight is 282 g/mol. The van der Waals surface area contributed by atoms with Gasteiger partial charge in [-0.05, 0) is 48.0 Å². The molecular weight excluding hydrogens is 264 g/mol. The first-order chi connectivity index (χ1) is 10.3. The molecule has 0 atom stereocenters. The number of hydrogen-bond acceptors (Lipinski definition) is 3. The highest BCUT2D eigenvalue weighted by molar-refractivity contribution is 5.84. The van der Waals surface area contributed by atoms with E-state index in [1.165, 1.54) is 10.9 Å². The van der Waals surface area contributed by atoms with Crippen molar-refractivity contribution in [1.82, 2.24) is 4.98 Å². The van der Waals surface area contributed by atoms with Crippen molar-refractivity contribution in [2.75, 3.05) is 19.5 Å². The van der Waals surface area contributed by atoms with E-state index in [0.717, 1.165) is 29.2 Å². The van der Waals surface area contributed by atoms with E-state index in [0.29, 0.717) is 0 Å². The highest BCUT2D eigenvalue weighted by atomic mass is 16.5. The highest BCUT2D eigenvalue weighted by Crippen LogP contribution is 2.24. The number of H-pyrrole nitrogens is 1. The van der Waals surface area contributed by atoms with E-state index < -0.39 is 0 Å². The molecule has 0 saturated carbocycles. The van der Waals surface area contributed by atoms with E-state index in [1.54, 1.807) is 14.2 Å². The Kier molecular flexibility index (Phi) is 3.69. The first-order valence-corrected chi connectivity index (χ1v) is 6.82. The predicted molar refractivity (Wildman–Crippen MR) is 85.2 cm³/mol. The third-order valence-electron chi connectivity index (χ3n) is 3.55. The first-order valence-electron chi connectivity index (χ1n) is 6.82. The normalized spacial score (nSPS) is 10.6. The molecule has 2 N–H and O–H groups in total. The van der Waals surface area contributed by atoms with Crippen LogP contribution in [0.2, 0.25) is 0 Å². The van der Waals surface area contributed by atoms with Crippen LogP contribution in [0.15, 0.2) is 48.7 Å². The van der Waals surface area contributed by atoms with E-state index in [1.807, 2.05) is 42.6 Å². The van der Waals surface area contributed by atoms with Crippen molar-refractivity contribution >= 4 is 16.6 Å². The van der Waals surface area contributed by atoms with Crippen LogP contribution >= 0.6 is 0 Å². The summed E-state index contributed by atoms with van der Waals surface area (Å²) in [6.45, 7) is 0.750. The number of nitrogens with one attached hydrogen (secondary N) is 2. The quantitative estimate of drug-likeness (QED) is 0.748. The van der Waals surface area contributed by atoms with Gasteiger partial charge in [0.05, 0.1) is 14.2 Å². The first kappa shape index (κ1) is 13.4. The number of ether oxygens (including phenoxy) is 2. The summed E-state index contributed by atoms with van der Waals surface area (Å²) < 4.78 is 10.4. The number of fused-ring (bicyclic) bond motifs is 1. The summed E-state index contributed by atoms with van der Waals surface area (Å²) in [6, 6.07) is 13.9. The fourth-order valence-electron chi connectivity index (χ4n) is 2.34. The van der Waals surface area contributed by atoms with Crippen molar-refractivity contribution in [3.8, 4) is 11.5 Å². The third-order valence-corrected chi connectivity index (χ3v) is 3.55. The molecule has 4 heteroatoms. The zero-order valence-electron chi connectivity index (χ0n) is 12.1. The van der Waals surface area contributed by atoms with Crippen molar-refractivity contribution in [3.63, 3.8) is 0 Å². The fraction of sp³-hybridized carbons (Fsp3) is 0.176. The van der Waals surface area contributed by atoms with Gasteiger partial charge in [0, 0.05) is 29.3 Å². The summed E-state index contributed by atoms with van der Waals surface area (Å²) in [5.41, 5.74) is 3.38. The maximum Gasteiger partial charge on any atom is 0.119 e. The van der Waals surface area contributed by atoms with Crippen LogP contribution in [0.3, 0.4) is 0 Å². The molecule has 21 heavy (non-hydrogen) atoms. The zero-order chi connectivity index (χ0) is 14.7. The van der Waals surface area contributed by atoms with Crippen LogP contribution in [-0.2, 0) is 6.54 Å². The number of benzene rings is 2. The van der Waals surface area contributed by atoms with Crippen molar-refractivity contribution in [2.45, 2.75) is 6.54 Å². The Morgan fingerprint density at radius 1 is 0.952 bits per heavy atom. The molecular formula is C17H18N2O2.